The second-order valence-corrected chi connectivity index (χ2v) is 5.76. The molecule has 0 amide bonds. The van der Waals surface area contributed by atoms with Crippen molar-refractivity contribution in [2.24, 2.45) is 17.6 Å². The van der Waals surface area contributed by atoms with Crippen molar-refractivity contribution in [1.82, 2.24) is 0 Å². The summed E-state index contributed by atoms with van der Waals surface area (Å²) in [4.78, 5) is 0. The zero-order chi connectivity index (χ0) is 11.9. The highest BCUT2D eigenvalue weighted by Crippen LogP contribution is 2.56. The molecule has 2 heteroatoms. The van der Waals surface area contributed by atoms with Gasteiger partial charge in [-0.25, -0.2) is 4.39 Å². The van der Waals surface area contributed by atoms with Gasteiger partial charge in [0, 0.05) is 5.54 Å². The van der Waals surface area contributed by atoms with Gasteiger partial charge in [0.1, 0.15) is 5.82 Å². The minimum atomic E-state index is -0.174. The standard InChI is InChI=1S/C15H20FN/c16-13-8-6-12(7-9-13)15(17)10-14(15)11-4-2-1-3-5-11/h6-9,11,14H,1-5,10,17H2. The molecule has 17 heavy (non-hydrogen) atoms. The molecule has 2 aliphatic rings. The fourth-order valence-corrected chi connectivity index (χ4v) is 3.52. The van der Waals surface area contributed by atoms with Gasteiger partial charge in [-0.1, -0.05) is 44.2 Å². The quantitative estimate of drug-likeness (QED) is 0.830. The maximum absolute atomic E-state index is 12.9. The van der Waals surface area contributed by atoms with Crippen molar-refractivity contribution in [1.29, 1.82) is 0 Å². The Bertz CT molecular complexity index is 394. The van der Waals surface area contributed by atoms with Gasteiger partial charge in [-0.2, -0.15) is 0 Å². The van der Waals surface area contributed by atoms with Gasteiger partial charge < -0.3 is 5.73 Å². The molecule has 0 spiro atoms. The fourth-order valence-electron chi connectivity index (χ4n) is 3.52. The van der Waals surface area contributed by atoms with Gasteiger partial charge in [-0.3, -0.25) is 0 Å². The van der Waals surface area contributed by atoms with E-state index in [4.69, 9.17) is 5.73 Å². The third-order valence-corrected chi connectivity index (χ3v) is 4.66. The van der Waals surface area contributed by atoms with Gasteiger partial charge in [0.2, 0.25) is 0 Å². The molecule has 92 valence electrons. The van der Waals surface area contributed by atoms with Gasteiger partial charge >= 0.3 is 0 Å². The number of nitrogens with two attached hydrogens (primary N) is 1. The number of hydrogen-bond donors (Lipinski definition) is 1. The molecule has 2 saturated carbocycles. The van der Waals surface area contributed by atoms with E-state index in [1.807, 2.05) is 12.1 Å². The molecule has 2 aliphatic carbocycles. The van der Waals surface area contributed by atoms with Crippen molar-refractivity contribution >= 4 is 0 Å². The lowest BCUT2D eigenvalue weighted by atomic mass is 9.83. The van der Waals surface area contributed by atoms with Gasteiger partial charge in [-0.05, 0) is 36.0 Å². The van der Waals surface area contributed by atoms with Crippen LogP contribution in [0.1, 0.15) is 44.1 Å². The predicted octanol–water partition coefficient (Wildman–Crippen LogP) is 3.58. The summed E-state index contributed by atoms with van der Waals surface area (Å²) in [6, 6.07) is 6.77. The summed E-state index contributed by atoms with van der Waals surface area (Å²) in [7, 11) is 0. The monoisotopic (exact) mass is 233 g/mol. The van der Waals surface area contributed by atoms with Crippen LogP contribution in [0.2, 0.25) is 0 Å². The zero-order valence-corrected chi connectivity index (χ0v) is 10.2. The summed E-state index contributed by atoms with van der Waals surface area (Å²) in [6.45, 7) is 0. The zero-order valence-electron chi connectivity index (χ0n) is 10.2. The average molecular weight is 233 g/mol. The Labute approximate surface area is 102 Å². The molecule has 3 rings (SSSR count). The first-order valence-corrected chi connectivity index (χ1v) is 6.75. The highest BCUT2D eigenvalue weighted by atomic mass is 19.1. The van der Waals surface area contributed by atoms with Crippen molar-refractivity contribution in [3.05, 3.63) is 35.6 Å². The van der Waals surface area contributed by atoms with Crippen LogP contribution in [0.15, 0.2) is 24.3 Å². The summed E-state index contributed by atoms with van der Waals surface area (Å²) in [5, 5.41) is 0. The maximum atomic E-state index is 12.9. The van der Waals surface area contributed by atoms with Crippen LogP contribution >= 0.6 is 0 Å². The minimum absolute atomic E-state index is 0.157. The van der Waals surface area contributed by atoms with E-state index in [9.17, 15) is 4.39 Å². The Hall–Kier alpha value is -0.890. The lowest BCUT2D eigenvalue weighted by molar-refractivity contribution is 0.302. The van der Waals surface area contributed by atoms with Crippen LogP contribution in [0, 0.1) is 17.7 Å². The van der Waals surface area contributed by atoms with Crippen molar-refractivity contribution in [3.8, 4) is 0 Å². The van der Waals surface area contributed by atoms with Gasteiger partial charge in [0.25, 0.3) is 0 Å². The van der Waals surface area contributed by atoms with Crippen LogP contribution in [0.3, 0.4) is 0 Å². The molecule has 0 saturated heterocycles. The number of hydrogen-bond acceptors (Lipinski definition) is 1. The Morgan fingerprint density at radius 2 is 1.71 bits per heavy atom. The fraction of sp³-hybridized carbons (Fsp3) is 0.600. The largest absolute Gasteiger partial charge is 0.321 e. The van der Waals surface area contributed by atoms with E-state index in [2.05, 4.69) is 0 Å². The summed E-state index contributed by atoms with van der Waals surface area (Å²) < 4.78 is 12.9. The normalized spacial score (nSPS) is 33.6. The molecular formula is C15H20FN. The Morgan fingerprint density at radius 3 is 2.35 bits per heavy atom. The SMILES string of the molecule is NC1(c2ccc(F)cc2)CC1C1CCCCC1. The van der Waals surface area contributed by atoms with E-state index in [0.717, 1.165) is 17.9 Å². The Morgan fingerprint density at radius 1 is 1.06 bits per heavy atom. The third kappa shape index (κ3) is 1.99. The molecule has 0 aliphatic heterocycles. The van der Waals surface area contributed by atoms with Crippen LogP contribution < -0.4 is 5.73 Å². The maximum Gasteiger partial charge on any atom is 0.123 e. The lowest BCUT2D eigenvalue weighted by Gasteiger charge is -2.24. The molecule has 0 heterocycles. The third-order valence-electron chi connectivity index (χ3n) is 4.66. The van der Waals surface area contributed by atoms with Gasteiger partial charge in [0.05, 0.1) is 0 Å². The molecule has 1 nitrogen and oxygen atoms in total. The number of rotatable bonds is 2. The molecular weight excluding hydrogens is 213 g/mol. The van der Waals surface area contributed by atoms with Crippen LogP contribution in [-0.2, 0) is 5.54 Å². The Kier molecular flexibility index (Phi) is 2.70. The molecule has 2 fully saturated rings. The summed E-state index contributed by atoms with van der Waals surface area (Å²) in [6.07, 6.45) is 7.87. The van der Waals surface area contributed by atoms with Crippen LogP contribution in [0.25, 0.3) is 0 Å². The van der Waals surface area contributed by atoms with E-state index >= 15 is 0 Å². The molecule has 2 N–H and O–H groups in total. The van der Waals surface area contributed by atoms with E-state index in [0.29, 0.717) is 5.92 Å². The van der Waals surface area contributed by atoms with Crippen molar-refractivity contribution in [3.63, 3.8) is 0 Å². The van der Waals surface area contributed by atoms with Crippen molar-refractivity contribution in [2.75, 3.05) is 0 Å². The number of benzene rings is 1. The highest BCUT2D eigenvalue weighted by Gasteiger charge is 2.55. The van der Waals surface area contributed by atoms with E-state index in [1.165, 1.54) is 44.2 Å². The van der Waals surface area contributed by atoms with E-state index in [1.54, 1.807) is 0 Å². The molecule has 1 aromatic rings. The van der Waals surface area contributed by atoms with Crippen LogP contribution in [0.5, 0.6) is 0 Å². The minimum Gasteiger partial charge on any atom is -0.321 e. The smallest absolute Gasteiger partial charge is 0.123 e. The summed E-state index contributed by atoms with van der Waals surface area (Å²) in [5.74, 6) is 1.26. The predicted molar refractivity (Wildman–Crippen MR) is 66.9 cm³/mol. The molecule has 0 bridgehead atoms. The van der Waals surface area contributed by atoms with Crippen LogP contribution in [-0.4, -0.2) is 0 Å². The first-order chi connectivity index (χ1) is 8.20. The van der Waals surface area contributed by atoms with Crippen molar-refractivity contribution in [2.45, 2.75) is 44.1 Å². The van der Waals surface area contributed by atoms with E-state index in [-0.39, 0.29) is 11.4 Å². The average Bonchev–Trinajstić information content (AvgIpc) is 3.05. The molecule has 2 atom stereocenters. The van der Waals surface area contributed by atoms with Gasteiger partial charge in [0.15, 0.2) is 0 Å². The summed E-state index contributed by atoms with van der Waals surface area (Å²) in [5.41, 5.74) is 7.43. The Balaban J connectivity index is 1.74. The molecule has 0 radical (unpaired) electrons. The number of halogens is 1. The van der Waals surface area contributed by atoms with Gasteiger partial charge in [-0.15, -0.1) is 0 Å². The molecule has 2 unspecified atom stereocenters. The van der Waals surface area contributed by atoms with E-state index < -0.39 is 0 Å². The molecule has 1 aromatic carbocycles. The lowest BCUT2D eigenvalue weighted by Crippen LogP contribution is -2.26. The first-order valence-electron chi connectivity index (χ1n) is 6.75. The molecule has 0 aromatic heterocycles. The van der Waals surface area contributed by atoms with Crippen molar-refractivity contribution < 1.29 is 4.39 Å². The topological polar surface area (TPSA) is 26.0 Å². The second-order valence-electron chi connectivity index (χ2n) is 5.76. The van der Waals surface area contributed by atoms with Crippen LogP contribution in [0.4, 0.5) is 4.39 Å². The summed E-state index contributed by atoms with van der Waals surface area (Å²) >= 11 is 0. The highest BCUT2D eigenvalue weighted by molar-refractivity contribution is 5.32. The first kappa shape index (κ1) is 11.2. The second kappa shape index (κ2) is 4.09.